The van der Waals surface area contributed by atoms with E-state index in [0.717, 1.165) is 16.9 Å². The lowest BCUT2D eigenvalue weighted by Gasteiger charge is -2.05. The molecular formula is C17H19NO4S. The molecule has 0 saturated carbocycles. The summed E-state index contributed by atoms with van der Waals surface area (Å²) >= 11 is 1.05. The van der Waals surface area contributed by atoms with Gasteiger partial charge >= 0.3 is 11.9 Å². The fourth-order valence-electron chi connectivity index (χ4n) is 2.16. The van der Waals surface area contributed by atoms with Crippen molar-refractivity contribution in [1.82, 2.24) is 0 Å². The molecule has 0 atom stereocenters. The van der Waals surface area contributed by atoms with Crippen molar-refractivity contribution in [3.8, 4) is 0 Å². The van der Waals surface area contributed by atoms with Crippen molar-refractivity contribution in [1.29, 1.82) is 0 Å². The quantitative estimate of drug-likeness (QED) is 0.821. The van der Waals surface area contributed by atoms with Gasteiger partial charge < -0.3 is 15.2 Å². The number of carbonyl (C=O) groups excluding carboxylic acids is 2. The second-order valence-electron chi connectivity index (χ2n) is 4.89. The molecule has 0 saturated heterocycles. The minimum absolute atomic E-state index is 0.254. The van der Waals surface area contributed by atoms with Crippen LogP contribution in [0.2, 0.25) is 0 Å². The molecule has 1 heterocycles. The summed E-state index contributed by atoms with van der Waals surface area (Å²) in [6, 6.07) is 9.76. The van der Waals surface area contributed by atoms with Crippen LogP contribution in [-0.4, -0.2) is 25.2 Å². The molecule has 122 valence electrons. The summed E-state index contributed by atoms with van der Waals surface area (Å²) in [5, 5.41) is 0.274. The second-order valence-corrected chi connectivity index (χ2v) is 5.94. The third kappa shape index (κ3) is 4.10. The highest BCUT2D eigenvalue weighted by Gasteiger charge is 2.24. The zero-order valence-corrected chi connectivity index (χ0v) is 13.9. The smallest absolute Gasteiger partial charge is 0.348 e. The third-order valence-corrected chi connectivity index (χ3v) is 4.41. The molecule has 0 aliphatic carbocycles. The molecule has 23 heavy (non-hydrogen) atoms. The van der Waals surface area contributed by atoms with Crippen molar-refractivity contribution < 1.29 is 19.1 Å². The van der Waals surface area contributed by atoms with E-state index < -0.39 is 11.9 Å². The third-order valence-electron chi connectivity index (χ3n) is 3.31. The Morgan fingerprint density at radius 2 is 1.83 bits per heavy atom. The minimum atomic E-state index is -0.512. The number of rotatable bonds is 6. The van der Waals surface area contributed by atoms with Gasteiger partial charge in [-0.1, -0.05) is 30.3 Å². The standard InChI is InChI=1S/C17H19NO4S/c1-3-21-16(19)13-11(2)14(23-15(13)18)17(20)22-10-9-12-7-5-4-6-8-12/h4-8H,3,9-10,18H2,1-2H3. The van der Waals surface area contributed by atoms with E-state index in [1.807, 2.05) is 30.3 Å². The van der Waals surface area contributed by atoms with Gasteiger partial charge in [0, 0.05) is 6.42 Å². The van der Waals surface area contributed by atoms with E-state index in [1.165, 1.54) is 0 Å². The lowest BCUT2D eigenvalue weighted by molar-refractivity contribution is 0.0514. The maximum Gasteiger partial charge on any atom is 0.348 e. The molecule has 0 unspecified atom stereocenters. The maximum absolute atomic E-state index is 12.2. The fourth-order valence-corrected chi connectivity index (χ4v) is 3.12. The van der Waals surface area contributed by atoms with Crippen molar-refractivity contribution in [2.24, 2.45) is 0 Å². The van der Waals surface area contributed by atoms with Crippen molar-refractivity contribution in [3.05, 3.63) is 51.9 Å². The predicted molar refractivity (Wildman–Crippen MR) is 89.9 cm³/mol. The van der Waals surface area contributed by atoms with E-state index in [1.54, 1.807) is 13.8 Å². The number of nitrogens with two attached hydrogens (primary N) is 1. The van der Waals surface area contributed by atoms with Gasteiger partial charge in [-0.05, 0) is 25.0 Å². The number of anilines is 1. The average Bonchev–Trinajstić information content (AvgIpc) is 2.83. The Morgan fingerprint density at radius 3 is 2.48 bits per heavy atom. The number of esters is 2. The van der Waals surface area contributed by atoms with Crippen molar-refractivity contribution in [2.75, 3.05) is 18.9 Å². The summed E-state index contributed by atoms with van der Waals surface area (Å²) in [7, 11) is 0. The zero-order valence-electron chi connectivity index (χ0n) is 13.1. The molecule has 0 aliphatic heterocycles. The summed E-state index contributed by atoms with van der Waals surface area (Å²) in [6.45, 7) is 3.92. The van der Waals surface area contributed by atoms with Crippen LogP contribution in [0.3, 0.4) is 0 Å². The van der Waals surface area contributed by atoms with Crippen LogP contribution < -0.4 is 5.73 Å². The highest BCUT2D eigenvalue weighted by Crippen LogP contribution is 2.31. The molecule has 2 rings (SSSR count). The molecule has 5 nitrogen and oxygen atoms in total. The summed E-state index contributed by atoms with van der Waals surface area (Å²) in [4.78, 5) is 24.4. The van der Waals surface area contributed by atoms with Gasteiger partial charge in [-0.3, -0.25) is 0 Å². The Balaban J connectivity index is 2.02. The molecule has 0 bridgehead atoms. The molecule has 1 aromatic heterocycles. The summed E-state index contributed by atoms with van der Waals surface area (Å²) < 4.78 is 10.2. The number of benzene rings is 1. The number of hydrogen-bond donors (Lipinski definition) is 1. The number of hydrogen-bond acceptors (Lipinski definition) is 6. The Kier molecular flexibility index (Phi) is 5.76. The first-order valence-corrected chi connectivity index (χ1v) is 8.13. The topological polar surface area (TPSA) is 78.6 Å². The van der Waals surface area contributed by atoms with Crippen LogP contribution in [0.15, 0.2) is 30.3 Å². The van der Waals surface area contributed by atoms with Crippen LogP contribution in [0.25, 0.3) is 0 Å². The summed E-state index contributed by atoms with van der Waals surface area (Å²) in [5.41, 5.74) is 7.70. The predicted octanol–water partition coefficient (Wildman–Crippen LogP) is 3.21. The van der Waals surface area contributed by atoms with Gasteiger partial charge in [0.05, 0.1) is 18.8 Å². The van der Waals surface area contributed by atoms with Gasteiger partial charge in [-0.2, -0.15) is 0 Å². The van der Waals surface area contributed by atoms with E-state index in [9.17, 15) is 9.59 Å². The van der Waals surface area contributed by atoms with Gasteiger partial charge in [-0.25, -0.2) is 9.59 Å². The highest BCUT2D eigenvalue weighted by molar-refractivity contribution is 7.18. The first kappa shape index (κ1) is 17.0. The van der Waals surface area contributed by atoms with E-state index in [4.69, 9.17) is 15.2 Å². The normalized spacial score (nSPS) is 10.3. The summed E-state index contributed by atoms with van der Waals surface area (Å²) in [5.74, 6) is -0.979. The van der Waals surface area contributed by atoms with Crippen molar-refractivity contribution in [3.63, 3.8) is 0 Å². The number of ether oxygens (including phenoxy) is 2. The van der Waals surface area contributed by atoms with Crippen LogP contribution in [0.4, 0.5) is 5.00 Å². The van der Waals surface area contributed by atoms with Gasteiger partial charge in [0.1, 0.15) is 9.88 Å². The van der Waals surface area contributed by atoms with E-state index >= 15 is 0 Å². The molecule has 2 aromatic rings. The van der Waals surface area contributed by atoms with Gasteiger partial charge in [0.25, 0.3) is 0 Å². The Morgan fingerprint density at radius 1 is 1.13 bits per heavy atom. The van der Waals surface area contributed by atoms with Crippen molar-refractivity contribution >= 4 is 28.3 Å². The first-order valence-electron chi connectivity index (χ1n) is 7.31. The van der Waals surface area contributed by atoms with Crippen LogP contribution in [0.1, 0.15) is 38.1 Å². The Bertz CT molecular complexity index is 694. The molecule has 2 N–H and O–H groups in total. The molecule has 0 radical (unpaired) electrons. The molecular weight excluding hydrogens is 314 g/mol. The van der Waals surface area contributed by atoms with Crippen LogP contribution >= 0.6 is 11.3 Å². The SMILES string of the molecule is CCOC(=O)c1c(N)sc(C(=O)OCCc2ccccc2)c1C. The van der Waals surface area contributed by atoms with E-state index in [0.29, 0.717) is 16.9 Å². The lowest BCUT2D eigenvalue weighted by Crippen LogP contribution is -2.10. The molecule has 1 aromatic carbocycles. The zero-order chi connectivity index (χ0) is 16.8. The highest BCUT2D eigenvalue weighted by atomic mass is 32.1. The van der Waals surface area contributed by atoms with Crippen molar-refractivity contribution in [2.45, 2.75) is 20.3 Å². The average molecular weight is 333 g/mol. The number of thiophene rings is 1. The Labute approximate surface area is 139 Å². The molecule has 6 heteroatoms. The Hall–Kier alpha value is -2.34. The van der Waals surface area contributed by atoms with Crippen LogP contribution in [-0.2, 0) is 15.9 Å². The first-order chi connectivity index (χ1) is 11.0. The number of nitrogen functional groups attached to an aromatic ring is 1. The fraction of sp³-hybridized carbons (Fsp3) is 0.294. The van der Waals surface area contributed by atoms with Gasteiger partial charge in [0.15, 0.2) is 0 Å². The summed E-state index contributed by atoms with van der Waals surface area (Å²) in [6.07, 6.45) is 0.636. The molecule has 0 spiro atoms. The van der Waals surface area contributed by atoms with E-state index in [2.05, 4.69) is 0 Å². The number of carbonyl (C=O) groups is 2. The van der Waals surface area contributed by atoms with E-state index in [-0.39, 0.29) is 23.8 Å². The van der Waals surface area contributed by atoms with Crippen LogP contribution in [0.5, 0.6) is 0 Å². The molecule has 0 amide bonds. The second kappa shape index (κ2) is 7.78. The van der Waals surface area contributed by atoms with Crippen LogP contribution in [0, 0.1) is 6.92 Å². The largest absolute Gasteiger partial charge is 0.462 e. The maximum atomic E-state index is 12.2. The monoisotopic (exact) mass is 333 g/mol. The minimum Gasteiger partial charge on any atom is -0.462 e. The molecule has 0 fully saturated rings. The van der Waals surface area contributed by atoms with Gasteiger partial charge in [0.2, 0.25) is 0 Å². The lowest BCUT2D eigenvalue weighted by atomic mass is 10.1. The molecule has 0 aliphatic rings. The van der Waals surface area contributed by atoms with Gasteiger partial charge in [-0.15, -0.1) is 11.3 Å².